The maximum Gasteiger partial charge on any atom is 0.251 e. The molecule has 31 heavy (non-hydrogen) atoms. The van der Waals surface area contributed by atoms with Crippen LogP contribution in [0, 0.1) is 13.8 Å². The highest BCUT2D eigenvalue weighted by Gasteiger charge is 2.24. The zero-order valence-electron chi connectivity index (χ0n) is 17.9. The van der Waals surface area contributed by atoms with Gasteiger partial charge in [0.25, 0.3) is 5.91 Å². The minimum absolute atomic E-state index is 0.140. The van der Waals surface area contributed by atoms with Gasteiger partial charge in [0.05, 0.1) is 0 Å². The van der Waals surface area contributed by atoms with Gasteiger partial charge in [0.15, 0.2) is 0 Å². The number of hydrogen-bond acceptors (Lipinski definition) is 3. The molecule has 1 atom stereocenters. The molecule has 0 aliphatic carbocycles. The highest BCUT2D eigenvalue weighted by molar-refractivity contribution is 5.98. The average molecular weight is 414 g/mol. The number of carbonyl (C=O) groups excluding carboxylic acids is 2. The van der Waals surface area contributed by atoms with Crippen LogP contribution in [0.5, 0.6) is 0 Å². The molecule has 1 heterocycles. The number of aryl methyl sites for hydroxylation is 2. The monoisotopic (exact) mass is 413 g/mol. The zero-order valence-corrected chi connectivity index (χ0v) is 17.9. The van der Waals surface area contributed by atoms with Gasteiger partial charge in [-0.2, -0.15) is 0 Å². The molecule has 0 bridgehead atoms. The number of carbonyl (C=O) groups is 2. The predicted molar refractivity (Wildman–Crippen MR) is 125 cm³/mol. The van der Waals surface area contributed by atoms with Gasteiger partial charge in [-0.15, -0.1) is 0 Å². The Balaban J connectivity index is 1.60. The Labute approximate surface area is 183 Å². The topological polar surface area (TPSA) is 61.4 Å². The third-order valence-electron chi connectivity index (χ3n) is 5.43. The lowest BCUT2D eigenvalue weighted by molar-refractivity contribution is -0.117. The first-order valence-electron chi connectivity index (χ1n) is 10.6. The van der Waals surface area contributed by atoms with Crippen LogP contribution in [0.4, 0.5) is 17.1 Å². The molecule has 0 saturated carbocycles. The maximum absolute atomic E-state index is 13.3. The maximum atomic E-state index is 13.3. The third kappa shape index (κ3) is 4.94. The lowest BCUT2D eigenvalue weighted by atomic mass is 10.0. The van der Waals surface area contributed by atoms with Gasteiger partial charge in [0, 0.05) is 30.0 Å². The Bertz CT molecular complexity index is 1070. The van der Waals surface area contributed by atoms with E-state index in [4.69, 9.17) is 0 Å². The fraction of sp³-hybridized carbons (Fsp3) is 0.231. The average Bonchev–Trinajstić information content (AvgIpc) is 3.18. The van der Waals surface area contributed by atoms with Crippen molar-refractivity contribution >= 4 is 28.9 Å². The molecule has 0 unspecified atom stereocenters. The Morgan fingerprint density at radius 1 is 0.903 bits per heavy atom. The van der Waals surface area contributed by atoms with Gasteiger partial charge in [-0.25, -0.2) is 0 Å². The van der Waals surface area contributed by atoms with Crippen LogP contribution in [0.15, 0.2) is 72.8 Å². The van der Waals surface area contributed by atoms with Crippen LogP contribution in [0.3, 0.4) is 0 Å². The van der Waals surface area contributed by atoms with E-state index in [1.54, 1.807) is 4.90 Å². The highest BCUT2D eigenvalue weighted by Crippen LogP contribution is 2.27. The van der Waals surface area contributed by atoms with Gasteiger partial charge in [-0.1, -0.05) is 42.5 Å². The second-order valence-corrected chi connectivity index (χ2v) is 8.05. The summed E-state index contributed by atoms with van der Waals surface area (Å²) in [5.41, 5.74) is 5.49. The van der Waals surface area contributed by atoms with Gasteiger partial charge >= 0.3 is 0 Å². The second-order valence-electron chi connectivity index (χ2n) is 8.05. The Kier molecular flexibility index (Phi) is 6.03. The van der Waals surface area contributed by atoms with Gasteiger partial charge in [0.1, 0.15) is 6.04 Å². The standard InChI is InChI=1S/C26H27N3O2/c1-18-14-19(2)16-22(15-18)28-26(31)25(20-8-4-3-5-9-20)27-21-10-6-11-23(17-21)29-13-7-12-24(29)30/h3-6,8-11,14-17,25,27H,7,12-13H2,1-2H3,(H,28,31)/t25-/m0/s1. The summed E-state index contributed by atoms with van der Waals surface area (Å²) in [7, 11) is 0. The fourth-order valence-corrected chi connectivity index (χ4v) is 4.06. The van der Waals surface area contributed by atoms with Crippen molar-refractivity contribution in [1.29, 1.82) is 0 Å². The highest BCUT2D eigenvalue weighted by atomic mass is 16.2. The van der Waals surface area contributed by atoms with Crippen LogP contribution in [-0.2, 0) is 9.59 Å². The molecule has 4 rings (SSSR count). The number of rotatable bonds is 6. The van der Waals surface area contributed by atoms with E-state index in [0.29, 0.717) is 6.42 Å². The lowest BCUT2D eigenvalue weighted by Gasteiger charge is -2.22. The summed E-state index contributed by atoms with van der Waals surface area (Å²) >= 11 is 0. The molecule has 1 saturated heterocycles. The van der Waals surface area contributed by atoms with E-state index < -0.39 is 6.04 Å². The normalized spacial score (nSPS) is 14.4. The van der Waals surface area contributed by atoms with Crippen LogP contribution in [0.25, 0.3) is 0 Å². The van der Waals surface area contributed by atoms with Crippen LogP contribution in [-0.4, -0.2) is 18.4 Å². The molecule has 1 aliphatic rings. The minimum atomic E-state index is -0.577. The summed E-state index contributed by atoms with van der Waals surface area (Å²) in [6, 6.07) is 22.8. The van der Waals surface area contributed by atoms with Crippen LogP contribution < -0.4 is 15.5 Å². The largest absolute Gasteiger partial charge is 0.370 e. The van der Waals surface area contributed by atoms with E-state index in [2.05, 4.69) is 16.7 Å². The Morgan fingerprint density at radius 3 is 2.32 bits per heavy atom. The van der Waals surface area contributed by atoms with E-state index in [1.807, 2.05) is 80.6 Å². The molecule has 2 N–H and O–H groups in total. The van der Waals surface area contributed by atoms with E-state index in [9.17, 15) is 9.59 Å². The first-order valence-corrected chi connectivity index (χ1v) is 10.6. The summed E-state index contributed by atoms with van der Waals surface area (Å²) < 4.78 is 0. The molecule has 0 spiro atoms. The number of benzene rings is 3. The van der Waals surface area contributed by atoms with E-state index >= 15 is 0 Å². The molecule has 2 amide bonds. The third-order valence-corrected chi connectivity index (χ3v) is 5.43. The summed E-state index contributed by atoms with van der Waals surface area (Å²) in [6.45, 7) is 4.76. The first kappa shape index (κ1) is 20.7. The van der Waals surface area contributed by atoms with Gasteiger partial charge in [-0.3, -0.25) is 9.59 Å². The molecule has 5 nitrogen and oxygen atoms in total. The summed E-state index contributed by atoms with van der Waals surface area (Å²) in [4.78, 5) is 27.2. The zero-order chi connectivity index (χ0) is 21.8. The van der Waals surface area contributed by atoms with Crippen molar-refractivity contribution in [1.82, 2.24) is 0 Å². The molecule has 158 valence electrons. The van der Waals surface area contributed by atoms with Gasteiger partial charge in [0.2, 0.25) is 5.91 Å². The SMILES string of the molecule is Cc1cc(C)cc(NC(=O)[C@@H](Nc2cccc(N3CCCC3=O)c2)c2ccccc2)c1. The molecular weight excluding hydrogens is 386 g/mol. The number of hydrogen-bond donors (Lipinski definition) is 2. The van der Waals surface area contributed by atoms with E-state index in [-0.39, 0.29) is 11.8 Å². The molecule has 1 fully saturated rings. The Hall–Kier alpha value is -3.60. The second kappa shape index (κ2) is 9.04. The number of nitrogens with one attached hydrogen (secondary N) is 2. The van der Waals surface area contributed by atoms with Crippen LogP contribution in [0.1, 0.15) is 35.6 Å². The summed E-state index contributed by atoms with van der Waals surface area (Å²) in [6.07, 6.45) is 1.46. The van der Waals surface area contributed by atoms with Crippen molar-refractivity contribution in [2.45, 2.75) is 32.7 Å². The van der Waals surface area contributed by atoms with E-state index in [1.165, 1.54) is 0 Å². The summed E-state index contributed by atoms with van der Waals surface area (Å²) in [5.74, 6) is 0.00294. The van der Waals surface area contributed by atoms with E-state index in [0.717, 1.165) is 46.7 Å². The Morgan fingerprint density at radius 2 is 1.65 bits per heavy atom. The minimum Gasteiger partial charge on any atom is -0.370 e. The smallest absolute Gasteiger partial charge is 0.251 e. The number of anilines is 3. The molecule has 3 aromatic rings. The summed E-state index contributed by atoms with van der Waals surface area (Å²) in [5, 5.41) is 6.43. The van der Waals surface area contributed by atoms with Crippen molar-refractivity contribution in [2.75, 3.05) is 22.1 Å². The molecule has 3 aromatic carbocycles. The molecule has 0 radical (unpaired) electrons. The fourth-order valence-electron chi connectivity index (χ4n) is 4.06. The molecular formula is C26H27N3O2. The lowest BCUT2D eigenvalue weighted by Crippen LogP contribution is -2.28. The van der Waals surface area contributed by atoms with Crippen LogP contribution in [0.2, 0.25) is 0 Å². The van der Waals surface area contributed by atoms with Crippen LogP contribution >= 0.6 is 0 Å². The van der Waals surface area contributed by atoms with Crippen molar-refractivity contribution in [3.05, 3.63) is 89.5 Å². The molecule has 5 heteroatoms. The van der Waals surface area contributed by atoms with Crippen molar-refractivity contribution < 1.29 is 9.59 Å². The molecule has 0 aromatic heterocycles. The first-order chi connectivity index (χ1) is 15.0. The van der Waals surface area contributed by atoms with Gasteiger partial charge < -0.3 is 15.5 Å². The van der Waals surface area contributed by atoms with Crippen molar-refractivity contribution in [3.63, 3.8) is 0 Å². The number of nitrogens with zero attached hydrogens (tertiary/aromatic N) is 1. The quantitative estimate of drug-likeness (QED) is 0.582. The van der Waals surface area contributed by atoms with Crippen molar-refractivity contribution in [2.24, 2.45) is 0 Å². The van der Waals surface area contributed by atoms with Gasteiger partial charge in [-0.05, 0) is 67.3 Å². The van der Waals surface area contributed by atoms with Crippen molar-refractivity contribution in [3.8, 4) is 0 Å². The number of amides is 2. The molecule has 1 aliphatic heterocycles. The predicted octanol–water partition coefficient (Wildman–Crippen LogP) is 5.22.